The molecule has 0 aliphatic rings. The predicted molar refractivity (Wildman–Crippen MR) is 91.8 cm³/mol. The molecule has 8 heteroatoms. The van der Waals surface area contributed by atoms with E-state index in [1.807, 2.05) is 0 Å². The Labute approximate surface area is 151 Å². The van der Waals surface area contributed by atoms with E-state index in [4.69, 9.17) is 4.18 Å². The molecule has 0 aliphatic carbocycles. The molecule has 0 aromatic heterocycles. The molecule has 0 saturated carbocycles. The molecule has 2 aromatic rings. The number of methoxy groups -OCH3 is 1. The van der Waals surface area contributed by atoms with Crippen molar-refractivity contribution in [1.29, 1.82) is 0 Å². The SMILES string of the molecule is COC(=O)Cc1ccc(OS(=O)(=O)c2cc(Br)ccc2Br)cc1. The second-order valence-corrected chi connectivity index (χ2v) is 7.79. The maximum absolute atomic E-state index is 12.3. The molecule has 2 rings (SSSR count). The third kappa shape index (κ3) is 4.79. The van der Waals surface area contributed by atoms with Gasteiger partial charge in [-0.25, -0.2) is 0 Å². The van der Waals surface area contributed by atoms with E-state index in [0.717, 1.165) is 0 Å². The van der Waals surface area contributed by atoms with Crippen LogP contribution in [-0.4, -0.2) is 21.5 Å². The first-order valence-electron chi connectivity index (χ1n) is 6.37. The summed E-state index contributed by atoms with van der Waals surface area (Å²) < 4.78 is 35.4. The van der Waals surface area contributed by atoms with Crippen LogP contribution in [0.1, 0.15) is 5.56 Å². The van der Waals surface area contributed by atoms with Crippen LogP contribution >= 0.6 is 31.9 Å². The molecule has 122 valence electrons. The Bertz CT molecular complexity index is 816. The van der Waals surface area contributed by atoms with E-state index in [-0.39, 0.29) is 23.0 Å². The van der Waals surface area contributed by atoms with Gasteiger partial charge in [-0.05, 0) is 51.8 Å². The quantitative estimate of drug-likeness (QED) is 0.499. The number of carbonyl (C=O) groups excluding carboxylic acids is 1. The first kappa shape index (κ1) is 18.0. The summed E-state index contributed by atoms with van der Waals surface area (Å²) in [5, 5.41) is 0. The fourth-order valence-electron chi connectivity index (χ4n) is 1.74. The van der Waals surface area contributed by atoms with Crippen LogP contribution in [0.25, 0.3) is 0 Å². The van der Waals surface area contributed by atoms with Gasteiger partial charge in [0.25, 0.3) is 0 Å². The molecule has 0 saturated heterocycles. The fourth-order valence-corrected chi connectivity index (χ4v) is 4.13. The standard InChI is InChI=1S/C15H12Br2O5S/c1-21-15(18)8-10-2-5-12(6-3-10)22-23(19,20)14-9-11(16)4-7-13(14)17/h2-7,9H,8H2,1H3. The topological polar surface area (TPSA) is 69.7 Å². The number of carbonyl (C=O) groups is 1. The molecular weight excluding hydrogens is 452 g/mol. The third-order valence-electron chi connectivity index (χ3n) is 2.87. The first-order valence-corrected chi connectivity index (χ1v) is 9.36. The summed E-state index contributed by atoms with van der Waals surface area (Å²) in [5.41, 5.74) is 0.699. The van der Waals surface area contributed by atoms with Crippen molar-refractivity contribution in [2.75, 3.05) is 7.11 Å². The number of esters is 1. The van der Waals surface area contributed by atoms with Gasteiger partial charge in [0.1, 0.15) is 10.6 Å². The monoisotopic (exact) mass is 462 g/mol. The molecule has 0 radical (unpaired) electrons. The Morgan fingerprint density at radius 1 is 1.09 bits per heavy atom. The summed E-state index contributed by atoms with van der Waals surface area (Å²) in [6.07, 6.45) is 0.112. The lowest BCUT2D eigenvalue weighted by molar-refractivity contribution is -0.139. The minimum atomic E-state index is -3.98. The van der Waals surface area contributed by atoms with Crippen LogP contribution in [0.4, 0.5) is 0 Å². The molecule has 0 heterocycles. The van der Waals surface area contributed by atoms with Crippen LogP contribution in [0.3, 0.4) is 0 Å². The van der Waals surface area contributed by atoms with Gasteiger partial charge in [-0.2, -0.15) is 8.42 Å². The van der Waals surface area contributed by atoms with E-state index < -0.39 is 10.1 Å². The first-order chi connectivity index (χ1) is 10.8. The van der Waals surface area contributed by atoms with Crippen LogP contribution in [0, 0.1) is 0 Å². The van der Waals surface area contributed by atoms with Gasteiger partial charge in [-0.3, -0.25) is 4.79 Å². The molecule has 23 heavy (non-hydrogen) atoms. The molecule has 0 amide bonds. The van der Waals surface area contributed by atoms with Gasteiger partial charge in [-0.1, -0.05) is 28.1 Å². The second kappa shape index (κ2) is 7.46. The molecule has 0 unspecified atom stereocenters. The van der Waals surface area contributed by atoms with Crippen molar-refractivity contribution in [2.24, 2.45) is 0 Å². The normalized spacial score (nSPS) is 11.1. The smallest absolute Gasteiger partial charge is 0.340 e. The Hall–Kier alpha value is -1.38. The molecule has 0 bridgehead atoms. The maximum atomic E-state index is 12.3. The molecular formula is C15H12Br2O5S. The fraction of sp³-hybridized carbons (Fsp3) is 0.133. The van der Waals surface area contributed by atoms with E-state index in [0.29, 0.717) is 14.5 Å². The van der Waals surface area contributed by atoms with Gasteiger partial charge in [-0.15, -0.1) is 0 Å². The number of rotatable bonds is 5. The lowest BCUT2D eigenvalue weighted by Gasteiger charge is -2.09. The zero-order valence-corrected chi connectivity index (χ0v) is 15.9. The molecule has 0 fully saturated rings. The number of ether oxygens (including phenoxy) is 1. The summed E-state index contributed by atoms with van der Waals surface area (Å²) in [6, 6.07) is 11.0. The average Bonchev–Trinajstić information content (AvgIpc) is 2.51. The molecule has 0 atom stereocenters. The van der Waals surface area contributed by atoms with E-state index in [1.165, 1.54) is 25.3 Å². The Balaban J connectivity index is 2.20. The zero-order valence-electron chi connectivity index (χ0n) is 12.0. The molecule has 2 aromatic carbocycles. The summed E-state index contributed by atoms with van der Waals surface area (Å²) in [4.78, 5) is 11.2. The van der Waals surface area contributed by atoms with E-state index >= 15 is 0 Å². The highest BCUT2D eigenvalue weighted by Gasteiger charge is 2.20. The van der Waals surface area contributed by atoms with E-state index in [9.17, 15) is 13.2 Å². The zero-order chi connectivity index (χ0) is 17.0. The minimum Gasteiger partial charge on any atom is -0.469 e. The van der Waals surface area contributed by atoms with Gasteiger partial charge in [0.15, 0.2) is 0 Å². The summed E-state index contributed by atoms with van der Waals surface area (Å²) in [5.74, 6) is -0.213. The average molecular weight is 464 g/mol. The number of hydrogen-bond donors (Lipinski definition) is 0. The third-order valence-corrected chi connectivity index (χ3v) is 5.60. The molecule has 0 spiro atoms. The summed E-state index contributed by atoms with van der Waals surface area (Å²) >= 11 is 6.42. The van der Waals surface area contributed by atoms with E-state index in [2.05, 4.69) is 36.6 Å². The molecule has 5 nitrogen and oxygen atoms in total. The van der Waals surface area contributed by atoms with Crippen LogP contribution in [0.15, 0.2) is 56.3 Å². The van der Waals surface area contributed by atoms with Crippen molar-refractivity contribution in [3.05, 3.63) is 57.0 Å². The lowest BCUT2D eigenvalue weighted by Crippen LogP contribution is -2.10. The highest BCUT2D eigenvalue weighted by atomic mass is 79.9. The van der Waals surface area contributed by atoms with Crippen molar-refractivity contribution in [3.8, 4) is 5.75 Å². The highest BCUT2D eigenvalue weighted by Crippen LogP contribution is 2.28. The Morgan fingerprint density at radius 2 is 1.74 bits per heavy atom. The Morgan fingerprint density at radius 3 is 2.35 bits per heavy atom. The van der Waals surface area contributed by atoms with Crippen molar-refractivity contribution in [3.63, 3.8) is 0 Å². The van der Waals surface area contributed by atoms with Crippen molar-refractivity contribution < 1.29 is 22.1 Å². The largest absolute Gasteiger partial charge is 0.469 e. The summed E-state index contributed by atoms with van der Waals surface area (Å²) in [7, 11) is -2.67. The summed E-state index contributed by atoms with van der Waals surface area (Å²) in [6.45, 7) is 0. The number of hydrogen-bond acceptors (Lipinski definition) is 5. The van der Waals surface area contributed by atoms with Crippen molar-refractivity contribution >= 4 is 47.9 Å². The van der Waals surface area contributed by atoms with Crippen molar-refractivity contribution in [2.45, 2.75) is 11.3 Å². The highest BCUT2D eigenvalue weighted by molar-refractivity contribution is 9.11. The second-order valence-electron chi connectivity index (χ2n) is 4.51. The number of benzene rings is 2. The van der Waals surface area contributed by atoms with Gasteiger partial charge in [0, 0.05) is 8.95 Å². The van der Waals surface area contributed by atoms with Gasteiger partial charge in [0.05, 0.1) is 13.5 Å². The molecule has 0 N–H and O–H groups in total. The maximum Gasteiger partial charge on any atom is 0.340 e. The van der Waals surface area contributed by atoms with Gasteiger partial charge >= 0.3 is 16.1 Å². The Kier molecular flexibility index (Phi) is 5.83. The lowest BCUT2D eigenvalue weighted by atomic mass is 10.1. The van der Waals surface area contributed by atoms with Crippen molar-refractivity contribution in [1.82, 2.24) is 0 Å². The van der Waals surface area contributed by atoms with Crippen LogP contribution in [0.2, 0.25) is 0 Å². The van der Waals surface area contributed by atoms with Crippen LogP contribution in [0.5, 0.6) is 5.75 Å². The van der Waals surface area contributed by atoms with Crippen LogP contribution in [-0.2, 0) is 26.1 Å². The predicted octanol–water partition coefficient (Wildman–Crippen LogP) is 3.69. The van der Waals surface area contributed by atoms with Crippen LogP contribution < -0.4 is 4.18 Å². The van der Waals surface area contributed by atoms with Gasteiger partial charge < -0.3 is 8.92 Å². The van der Waals surface area contributed by atoms with Gasteiger partial charge in [0.2, 0.25) is 0 Å². The molecule has 0 aliphatic heterocycles. The minimum absolute atomic E-state index is 0.0190. The number of halogens is 2. The van der Waals surface area contributed by atoms with E-state index in [1.54, 1.807) is 24.3 Å².